The van der Waals surface area contributed by atoms with Crippen LogP contribution < -0.4 is 0 Å². The summed E-state index contributed by atoms with van der Waals surface area (Å²) in [5, 5.41) is 10.3. The number of rotatable bonds is 4. The van der Waals surface area contributed by atoms with Gasteiger partial charge in [-0.1, -0.05) is 30.3 Å². The molecule has 3 aromatic rings. The van der Waals surface area contributed by atoms with E-state index in [1.54, 1.807) is 18.3 Å². The molecule has 0 aliphatic carbocycles. The molecule has 0 radical (unpaired) electrons. The van der Waals surface area contributed by atoms with E-state index in [0.717, 1.165) is 22.0 Å². The number of piperidine rings is 1. The standard InChI is InChI=1S/C22H21FN2O2/c23-17-5-3-4-16(14-17)21(25-12-9-15(10-13-25)22(26)27)19-8-11-24-20-7-2-1-6-18(19)20/h1-8,11,14-15,21H,9-10,12-13H2,(H,26,27). The van der Waals surface area contributed by atoms with Gasteiger partial charge in [-0.2, -0.15) is 0 Å². The highest BCUT2D eigenvalue weighted by molar-refractivity contribution is 5.82. The molecule has 0 bridgehead atoms. The monoisotopic (exact) mass is 364 g/mol. The summed E-state index contributed by atoms with van der Waals surface area (Å²) < 4.78 is 14.0. The van der Waals surface area contributed by atoms with Gasteiger partial charge in [0, 0.05) is 11.6 Å². The van der Waals surface area contributed by atoms with Crippen LogP contribution in [0.2, 0.25) is 0 Å². The fourth-order valence-corrected chi connectivity index (χ4v) is 4.02. The van der Waals surface area contributed by atoms with E-state index in [2.05, 4.69) is 9.88 Å². The molecule has 4 rings (SSSR count). The van der Waals surface area contributed by atoms with E-state index in [-0.39, 0.29) is 17.8 Å². The van der Waals surface area contributed by atoms with Gasteiger partial charge >= 0.3 is 5.97 Å². The Labute approximate surface area is 157 Å². The average molecular weight is 364 g/mol. The second-order valence-corrected chi connectivity index (χ2v) is 7.02. The highest BCUT2D eigenvalue weighted by Gasteiger charge is 2.31. The van der Waals surface area contributed by atoms with Gasteiger partial charge in [-0.25, -0.2) is 4.39 Å². The number of carboxylic acid groups (broad SMARTS) is 1. The Bertz CT molecular complexity index is 962. The summed E-state index contributed by atoms with van der Waals surface area (Å²) in [6, 6.07) is 16.5. The molecule has 1 aliphatic rings. The van der Waals surface area contributed by atoms with E-state index >= 15 is 0 Å². The van der Waals surface area contributed by atoms with Crippen LogP contribution in [0.5, 0.6) is 0 Å². The van der Waals surface area contributed by atoms with Crippen molar-refractivity contribution in [2.45, 2.75) is 18.9 Å². The number of aromatic nitrogens is 1. The van der Waals surface area contributed by atoms with E-state index in [4.69, 9.17) is 0 Å². The molecule has 27 heavy (non-hydrogen) atoms. The first-order valence-electron chi connectivity index (χ1n) is 9.19. The highest BCUT2D eigenvalue weighted by atomic mass is 19.1. The Hall–Kier alpha value is -2.79. The minimum atomic E-state index is -0.730. The van der Waals surface area contributed by atoms with Crippen LogP contribution in [0.1, 0.15) is 30.0 Å². The Morgan fingerprint density at radius 1 is 1.11 bits per heavy atom. The van der Waals surface area contributed by atoms with Gasteiger partial charge < -0.3 is 5.11 Å². The fourth-order valence-electron chi connectivity index (χ4n) is 4.02. The summed E-state index contributed by atoms with van der Waals surface area (Å²) in [6.07, 6.45) is 2.99. The van der Waals surface area contributed by atoms with Crippen LogP contribution >= 0.6 is 0 Å². The first-order valence-corrected chi connectivity index (χ1v) is 9.19. The summed E-state index contributed by atoms with van der Waals surface area (Å²) in [5.41, 5.74) is 2.84. The number of aliphatic carboxylic acids is 1. The molecule has 1 atom stereocenters. The number of benzene rings is 2. The average Bonchev–Trinajstić information content (AvgIpc) is 2.69. The Balaban J connectivity index is 1.78. The molecule has 2 aromatic carbocycles. The van der Waals surface area contributed by atoms with Gasteiger partial charge in [-0.05, 0) is 61.3 Å². The molecular weight excluding hydrogens is 343 g/mol. The summed E-state index contributed by atoms with van der Waals surface area (Å²) >= 11 is 0. The molecule has 138 valence electrons. The van der Waals surface area contributed by atoms with E-state index in [0.29, 0.717) is 25.9 Å². The zero-order valence-electron chi connectivity index (χ0n) is 14.9. The van der Waals surface area contributed by atoms with E-state index < -0.39 is 5.97 Å². The first-order chi connectivity index (χ1) is 13.1. The van der Waals surface area contributed by atoms with Crippen LogP contribution in [0.15, 0.2) is 60.8 Å². The molecule has 2 heterocycles. The van der Waals surface area contributed by atoms with Crippen LogP contribution in [0, 0.1) is 11.7 Å². The van der Waals surface area contributed by atoms with E-state index in [9.17, 15) is 14.3 Å². The Kier molecular flexibility index (Phi) is 4.86. The summed E-state index contributed by atoms with van der Waals surface area (Å²) in [5.74, 6) is -1.30. The molecule has 1 unspecified atom stereocenters. The number of halogens is 1. The molecule has 1 N–H and O–H groups in total. The quantitative estimate of drug-likeness (QED) is 0.752. The van der Waals surface area contributed by atoms with Crippen molar-refractivity contribution in [1.29, 1.82) is 0 Å². The topological polar surface area (TPSA) is 53.4 Å². The lowest BCUT2D eigenvalue weighted by Crippen LogP contribution is -2.39. The number of hydrogen-bond acceptors (Lipinski definition) is 3. The van der Waals surface area contributed by atoms with Crippen molar-refractivity contribution < 1.29 is 14.3 Å². The molecule has 0 saturated carbocycles. The van der Waals surface area contributed by atoms with Gasteiger partial charge in [0.25, 0.3) is 0 Å². The van der Waals surface area contributed by atoms with E-state index in [1.807, 2.05) is 36.4 Å². The van der Waals surface area contributed by atoms with Crippen molar-refractivity contribution in [2.24, 2.45) is 5.92 Å². The third kappa shape index (κ3) is 3.55. The number of nitrogens with zero attached hydrogens (tertiary/aromatic N) is 2. The fraction of sp³-hybridized carbons (Fsp3) is 0.273. The Morgan fingerprint density at radius 2 is 1.89 bits per heavy atom. The maximum Gasteiger partial charge on any atom is 0.306 e. The van der Waals surface area contributed by atoms with Crippen molar-refractivity contribution in [3.05, 3.63) is 77.7 Å². The van der Waals surface area contributed by atoms with Gasteiger partial charge in [0.1, 0.15) is 5.82 Å². The second kappa shape index (κ2) is 7.45. The lowest BCUT2D eigenvalue weighted by Gasteiger charge is -2.37. The van der Waals surface area contributed by atoms with Crippen LogP contribution in [0.25, 0.3) is 10.9 Å². The third-order valence-corrected chi connectivity index (χ3v) is 5.39. The second-order valence-electron chi connectivity index (χ2n) is 7.02. The van der Waals surface area contributed by atoms with Gasteiger partial charge in [0.2, 0.25) is 0 Å². The van der Waals surface area contributed by atoms with Crippen LogP contribution in [0.3, 0.4) is 0 Å². The number of para-hydroxylation sites is 1. The summed E-state index contributed by atoms with van der Waals surface area (Å²) in [4.78, 5) is 18.0. The number of hydrogen-bond donors (Lipinski definition) is 1. The smallest absolute Gasteiger partial charge is 0.306 e. The predicted octanol–water partition coefficient (Wildman–Crippen LogP) is 4.26. The minimum absolute atomic E-state index is 0.136. The minimum Gasteiger partial charge on any atom is -0.481 e. The molecule has 0 spiro atoms. The van der Waals surface area contributed by atoms with Crippen molar-refractivity contribution >= 4 is 16.9 Å². The van der Waals surface area contributed by atoms with Crippen molar-refractivity contribution in [2.75, 3.05) is 13.1 Å². The number of likely N-dealkylation sites (tertiary alicyclic amines) is 1. The normalized spacial score (nSPS) is 17.1. The first kappa shape index (κ1) is 17.6. The van der Waals surface area contributed by atoms with Crippen molar-refractivity contribution in [3.63, 3.8) is 0 Å². The van der Waals surface area contributed by atoms with Crippen molar-refractivity contribution in [3.8, 4) is 0 Å². The van der Waals surface area contributed by atoms with Gasteiger partial charge in [-0.15, -0.1) is 0 Å². The SMILES string of the molecule is O=C(O)C1CCN(C(c2cccc(F)c2)c2ccnc3ccccc23)CC1. The third-order valence-electron chi connectivity index (χ3n) is 5.39. The zero-order chi connectivity index (χ0) is 18.8. The maximum absolute atomic E-state index is 14.0. The summed E-state index contributed by atoms with van der Waals surface area (Å²) in [7, 11) is 0. The predicted molar refractivity (Wildman–Crippen MR) is 102 cm³/mol. The number of carboxylic acids is 1. The van der Waals surface area contributed by atoms with Crippen LogP contribution in [-0.2, 0) is 4.79 Å². The largest absolute Gasteiger partial charge is 0.481 e. The number of carbonyl (C=O) groups is 1. The molecule has 1 aromatic heterocycles. The molecule has 5 heteroatoms. The van der Waals surface area contributed by atoms with E-state index in [1.165, 1.54) is 6.07 Å². The highest BCUT2D eigenvalue weighted by Crippen LogP contribution is 2.35. The molecular formula is C22H21FN2O2. The molecule has 4 nitrogen and oxygen atoms in total. The number of pyridine rings is 1. The molecule has 1 aliphatic heterocycles. The summed E-state index contributed by atoms with van der Waals surface area (Å²) in [6.45, 7) is 1.32. The number of fused-ring (bicyclic) bond motifs is 1. The lowest BCUT2D eigenvalue weighted by atomic mass is 9.90. The van der Waals surface area contributed by atoms with Crippen LogP contribution in [-0.4, -0.2) is 34.0 Å². The molecule has 1 fully saturated rings. The van der Waals surface area contributed by atoms with Gasteiger partial charge in [0.15, 0.2) is 0 Å². The zero-order valence-corrected chi connectivity index (χ0v) is 14.9. The lowest BCUT2D eigenvalue weighted by molar-refractivity contribution is -0.143. The molecule has 1 saturated heterocycles. The maximum atomic E-state index is 14.0. The Morgan fingerprint density at radius 3 is 2.63 bits per heavy atom. The van der Waals surface area contributed by atoms with Crippen LogP contribution in [0.4, 0.5) is 4.39 Å². The molecule has 0 amide bonds. The van der Waals surface area contributed by atoms with Gasteiger partial charge in [-0.3, -0.25) is 14.7 Å². The van der Waals surface area contributed by atoms with Crippen molar-refractivity contribution in [1.82, 2.24) is 9.88 Å². The van der Waals surface area contributed by atoms with Gasteiger partial charge in [0.05, 0.1) is 17.5 Å².